The quantitative estimate of drug-likeness (QED) is 0.189. The number of nitrogens with zero attached hydrogens (tertiary/aromatic N) is 3. The number of allylic oxidation sites excluding steroid dienone is 1. The van der Waals surface area contributed by atoms with Crippen LogP contribution in [0.15, 0.2) is 71.1 Å². The van der Waals surface area contributed by atoms with E-state index in [1.54, 1.807) is 30.3 Å². The van der Waals surface area contributed by atoms with Crippen LogP contribution in [0.1, 0.15) is 10.4 Å². The van der Waals surface area contributed by atoms with E-state index in [9.17, 15) is 24.5 Å². The normalized spacial score (nSPS) is 10.5. The van der Waals surface area contributed by atoms with Gasteiger partial charge in [-0.05, 0) is 18.2 Å². The molecule has 0 atom stereocenters. The van der Waals surface area contributed by atoms with Gasteiger partial charge in [0, 0.05) is 24.2 Å². The van der Waals surface area contributed by atoms with Crippen LogP contribution in [0.25, 0.3) is 10.9 Å². The molecule has 0 fully saturated rings. The van der Waals surface area contributed by atoms with E-state index in [0.717, 1.165) is 17.8 Å². The fourth-order valence-corrected chi connectivity index (χ4v) is 3.48. The average molecular weight is 439 g/mol. The van der Waals surface area contributed by atoms with Crippen molar-refractivity contribution in [1.82, 2.24) is 20.4 Å². The van der Waals surface area contributed by atoms with Gasteiger partial charge < -0.3 is 0 Å². The molecule has 0 saturated heterocycles. The van der Waals surface area contributed by atoms with Crippen molar-refractivity contribution in [3.63, 3.8) is 0 Å². The van der Waals surface area contributed by atoms with E-state index in [4.69, 9.17) is 0 Å². The number of thioether (sulfide) groups is 1. The Morgan fingerprint density at radius 3 is 2.71 bits per heavy atom. The maximum absolute atomic E-state index is 12.7. The van der Waals surface area contributed by atoms with Crippen molar-refractivity contribution in [2.75, 3.05) is 5.75 Å². The highest BCUT2D eigenvalue weighted by Crippen LogP contribution is 2.17. The fraction of sp³-hybridized carbons (Fsp3) is 0.100. The molecule has 0 aliphatic carbocycles. The van der Waals surface area contributed by atoms with Gasteiger partial charge in [0.1, 0.15) is 0 Å². The molecule has 2 amide bonds. The monoisotopic (exact) mass is 439 g/mol. The molecule has 0 aliphatic rings. The number of carbonyl (C=O) groups excluding carboxylic acids is 2. The summed E-state index contributed by atoms with van der Waals surface area (Å²) >= 11 is 1.03. The number of para-hydroxylation sites is 1. The van der Waals surface area contributed by atoms with Crippen molar-refractivity contribution < 1.29 is 14.5 Å². The molecular formula is C20H17N5O5S. The van der Waals surface area contributed by atoms with Gasteiger partial charge in [-0.1, -0.05) is 36.0 Å². The topological polar surface area (TPSA) is 136 Å². The minimum atomic E-state index is -0.700. The molecule has 0 spiro atoms. The lowest BCUT2D eigenvalue weighted by atomic mass is 10.2. The van der Waals surface area contributed by atoms with Gasteiger partial charge in [0.05, 0.1) is 21.6 Å². The fourth-order valence-electron chi connectivity index (χ4n) is 2.67. The van der Waals surface area contributed by atoms with Crippen molar-refractivity contribution in [3.8, 4) is 0 Å². The van der Waals surface area contributed by atoms with Crippen LogP contribution in [0, 0.1) is 10.1 Å². The number of benzene rings is 2. The van der Waals surface area contributed by atoms with Gasteiger partial charge >= 0.3 is 0 Å². The zero-order valence-electron chi connectivity index (χ0n) is 16.1. The lowest BCUT2D eigenvalue weighted by Gasteiger charge is -2.11. The predicted octanol–water partition coefficient (Wildman–Crippen LogP) is 2.04. The largest absolute Gasteiger partial charge is 0.283 e. The van der Waals surface area contributed by atoms with Gasteiger partial charge in [-0.2, -0.15) is 0 Å². The van der Waals surface area contributed by atoms with Crippen LogP contribution < -0.4 is 16.4 Å². The van der Waals surface area contributed by atoms with Crippen molar-refractivity contribution in [2.24, 2.45) is 0 Å². The van der Waals surface area contributed by atoms with Crippen LogP contribution in [-0.2, 0) is 11.3 Å². The van der Waals surface area contributed by atoms with Crippen molar-refractivity contribution in [3.05, 3.63) is 87.2 Å². The summed E-state index contributed by atoms with van der Waals surface area (Å²) in [6, 6.07) is 12.0. The molecule has 1 aromatic heterocycles. The Morgan fingerprint density at radius 1 is 1.19 bits per heavy atom. The second-order valence-electron chi connectivity index (χ2n) is 6.21. The SMILES string of the molecule is C=CCn1c(SCC(=O)NNC(=O)c2cccc([N+](=O)[O-])c2)nc2ccccc2c1=O. The van der Waals surface area contributed by atoms with Gasteiger partial charge in [-0.3, -0.25) is 39.9 Å². The van der Waals surface area contributed by atoms with Gasteiger partial charge in [-0.15, -0.1) is 6.58 Å². The molecule has 3 aromatic rings. The summed E-state index contributed by atoms with van der Waals surface area (Å²) in [6.07, 6.45) is 1.56. The van der Waals surface area contributed by atoms with E-state index in [1.165, 1.54) is 22.8 Å². The number of nitro benzene ring substituents is 1. The van der Waals surface area contributed by atoms with Crippen molar-refractivity contribution >= 4 is 40.2 Å². The number of aromatic nitrogens is 2. The van der Waals surface area contributed by atoms with Crippen LogP contribution in [-0.4, -0.2) is 32.0 Å². The van der Waals surface area contributed by atoms with E-state index >= 15 is 0 Å². The Labute approximate surface area is 180 Å². The Hall–Kier alpha value is -3.99. The van der Waals surface area contributed by atoms with Gasteiger partial charge in [0.25, 0.3) is 17.2 Å². The number of hydrazine groups is 1. The Morgan fingerprint density at radius 2 is 1.97 bits per heavy atom. The van der Waals surface area contributed by atoms with E-state index in [2.05, 4.69) is 22.4 Å². The van der Waals surface area contributed by atoms with Crippen LogP contribution >= 0.6 is 11.8 Å². The molecule has 158 valence electrons. The molecule has 31 heavy (non-hydrogen) atoms. The van der Waals surface area contributed by atoms with Crippen LogP contribution in [0.2, 0.25) is 0 Å². The summed E-state index contributed by atoms with van der Waals surface area (Å²) in [5.74, 6) is -1.37. The minimum absolute atomic E-state index is 0.0261. The number of nitrogens with one attached hydrogen (secondary N) is 2. The number of fused-ring (bicyclic) bond motifs is 1. The maximum Gasteiger partial charge on any atom is 0.270 e. The molecule has 1 heterocycles. The molecule has 3 rings (SSSR count). The van der Waals surface area contributed by atoms with Crippen LogP contribution in [0.4, 0.5) is 5.69 Å². The number of hydrogen-bond acceptors (Lipinski definition) is 7. The van der Waals surface area contributed by atoms with E-state index in [0.29, 0.717) is 16.1 Å². The number of amides is 2. The average Bonchev–Trinajstić information content (AvgIpc) is 2.78. The molecular weight excluding hydrogens is 422 g/mol. The standard InChI is InChI=1S/C20H17N5O5S/c1-2-10-24-19(28)15-8-3-4-9-16(15)21-20(24)31-12-17(26)22-23-18(27)13-6-5-7-14(11-13)25(29)30/h2-9,11H,1,10,12H2,(H,22,26)(H,23,27). The zero-order valence-corrected chi connectivity index (χ0v) is 16.9. The highest BCUT2D eigenvalue weighted by atomic mass is 32.2. The molecule has 10 nitrogen and oxygen atoms in total. The van der Waals surface area contributed by atoms with Crippen LogP contribution in [0.5, 0.6) is 0 Å². The molecule has 0 unspecified atom stereocenters. The lowest BCUT2D eigenvalue weighted by molar-refractivity contribution is -0.384. The summed E-state index contributed by atoms with van der Waals surface area (Å²) in [4.78, 5) is 51.6. The third kappa shape index (κ3) is 5.14. The summed E-state index contributed by atoms with van der Waals surface area (Å²) in [5, 5.41) is 11.6. The smallest absolute Gasteiger partial charge is 0.270 e. The van der Waals surface area contributed by atoms with E-state index in [-0.39, 0.29) is 29.1 Å². The molecule has 2 aromatic carbocycles. The van der Waals surface area contributed by atoms with Gasteiger partial charge in [-0.25, -0.2) is 4.98 Å². The second-order valence-corrected chi connectivity index (χ2v) is 7.16. The molecule has 0 saturated carbocycles. The first-order valence-corrected chi connectivity index (χ1v) is 9.96. The van der Waals surface area contributed by atoms with Crippen molar-refractivity contribution in [2.45, 2.75) is 11.7 Å². The third-order valence-electron chi connectivity index (χ3n) is 4.11. The molecule has 0 bridgehead atoms. The number of non-ortho nitro benzene ring substituents is 1. The number of rotatable bonds is 7. The van der Waals surface area contributed by atoms with Crippen LogP contribution in [0.3, 0.4) is 0 Å². The minimum Gasteiger partial charge on any atom is -0.283 e. The molecule has 0 radical (unpaired) electrons. The summed E-state index contributed by atoms with van der Waals surface area (Å²) < 4.78 is 1.41. The Bertz CT molecular complexity index is 1240. The summed E-state index contributed by atoms with van der Waals surface area (Å²) in [6.45, 7) is 3.87. The number of nitro groups is 1. The molecule has 11 heteroatoms. The molecule has 0 aliphatic heterocycles. The highest BCUT2D eigenvalue weighted by molar-refractivity contribution is 7.99. The number of hydrogen-bond donors (Lipinski definition) is 2. The van der Waals surface area contributed by atoms with E-state index < -0.39 is 16.7 Å². The maximum atomic E-state index is 12.7. The van der Waals surface area contributed by atoms with Gasteiger partial charge in [0.2, 0.25) is 5.91 Å². The third-order valence-corrected chi connectivity index (χ3v) is 5.08. The lowest BCUT2D eigenvalue weighted by Crippen LogP contribution is -2.42. The Balaban J connectivity index is 1.66. The Kier molecular flexibility index (Phi) is 6.78. The van der Waals surface area contributed by atoms with Crippen molar-refractivity contribution in [1.29, 1.82) is 0 Å². The summed E-state index contributed by atoms with van der Waals surface area (Å²) in [7, 11) is 0. The first kappa shape index (κ1) is 21.7. The van der Waals surface area contributed by atoms with E-state index in [1.807, 2.05) is 0 Å². The second kappa shape index (κ2) is 9.67. The molecule has 2 N–H and O–H groups in total. The van der Waals surface area contributed by atoms with Gasteiger partial charge in [0.15, 0.2) is 5.16 Å². The highest BCUT2D eigenvalue weighted by Gasteiger charge is 2.14. The first-order chi connectivity index (χ1) is 14.9. The number of carbonyl (C=O) groups is 2. The first-order valence-electron chi connectivity index (χ1n) is 8.97. The summed E-state index contributed by atoms with van der Waals surface area (Å²) in [5.41, 5.74) is 4.49. The predicted molar refractivity (Wildman–Crippen MR) is 116 cm³/mol. The zero-order chi connectivity index (χ0) is 22.4.